The number of likely N-dealkylation sites (N-methyl/N-ethyl adjacent to an activating group) is 1. The van der Waals surface area contributed by atoms with Gasteiger partial charge in [-0.25, -0.2) is 4.79 Å². The Balaban J connectivity index is 2.71. The zero-order valence-corrected chi connectivity index (χ0v) is 10.1. The Morgan fingerprint density at radius 3 is 2.47 bits per heavy atom. The summed E-state index contributed by atoms with van der Waals surface area (Å²) in [7, 11) is 3.29. The molecule has 1 aromatic carbocycles. The number of nitrogens with zero attached hydrogens (tertiary/aromatic N) is 1. The van der Waals surface area contributed by atoms with Crippen LogP contribution in [0.1, 0.15) is 15.9 Å². The van der Waals surface area contributed by atoms with Crippen molar-refractivity contribution in [3.05, 3.63) is 29.3 Å². The first kappa shape index (κ1) is 13.0. The molecule has 0 bridgehead atoms. The van der Waals surface area contributed by atoms with Crippen LogP contribution in [-0.2, 0) is 4.79 Å². The lowest BCUT2D eigenvalue weighted by Crippen LogP contribution is -2.27. The molecule has 0 aliphatic rings. The molecule has 1 rings (SSSR count). The van der Waals surface area contributed by atoms with Crippen molar-refractivity contribution in [3.8, 4) is 5.75 Å². The van der Waals surface area contributed by atoms with E-state index in [-0.39, 0.29) is 18.1 Å². The molecule has 0 saturated heterocycles. The van der Waals surface area contributed by atoms with Crippen LogP contribution in [0.3, 0.4) is 0 Å². The Hall–Kier alpha value is -2.04. The highest BCUT2D eigenvalue weighted by atomic mass is 16.5. The number of ether oxygens (including phenoxy) is 1. The van der Waals surface area contributed by atoms with Gasteiger partial charge in [0, 0.05) is 14.1 Å². The van der Waals surface area contributed by atoms with Crippen molar-refractivity contribution in [1.82, 2.24) is 4.90 Å². The summed E-state index contributed by atoms with van der Waals surface area (Å²) in [6.45, 7) is 1.63. The van der Waals surface area contributed by atoms with Crippen LogP contribution in [0.5, 0.6) is 5.75 Å². The lowest BCUT2D eigenvalue weighted by atomic mass is 10.1. The van der Waals surface area contributed by atoms with E-state index in [4.69, 9.17) is 9.84 Å². The fourth-order valence-electron chi connectivity index (χ4n) is 1.24. The minimum atomic E-state index is -0.974. The number of carboxylic acids is 1. The van der Waals surface area contributed by atoms with Crippen molar-refractivity contribution in [2.24, 2.45) is 0 Å². The van der Waals surface area contributed by atoms with E-state index >= 15 is 0 Å². The molecule has 0 aromatic heterocycles. The predicted molar refractivity (Wildman–Crippen MR) is 62.3 cm³/mol. The molecule has 5 nitrogen and oxygen atoms in total. The van der Waals surface area contributed by atoms with Gasteiger partial charge in [-0.1, -0.05) is 0 Å². The molecule has 0 aliphatic carbocycles. The molecule has 0 aliphatic heterocycles. The van der Waals surface area contributed by atoms with E-state index in [2.05, 4.69) is 0 Å². The number of carbonyl (C=O) groups excluding carboxylic acids is 1. The van der Waals surface area contributed by atoms with Crippen LogP contribution < -0.4 is 4.74 Å². The van der Waals surface area contributed by atoms with E-state index in [1.807, 2.05) is 0 Å². The van der Waals surface area contributed by atoms with Gasteiger partial charge in [0.25, 0.3) is 5.91 Å². The Kier molecular flexibility index (Phi) is 4.09. The quantitative estimate of drug-likeness (QED) is 0.853. The average Bonchev–Trinajstić information content (AvgIpc) is 2.25. The van der Waals surface area contributed by atoms with Crippen LogP contribution in [0.2, 0.25) is 0 Å². The second kappa shape index (κ2) is 5.34. The average molecular weight is 237 g/mol. The van der Waals surface area contributed by atoms with E-state index in [1.54, 1.807) is 33.2 Å². The first-order chi connectivity index (χ1) is 7.91. The van der Waals surface area contributed by atoms with E-state index < -0.39 is 5.97 Å². The van der Waals surface area contributed by atoms with Crippen molar-refractivity contribution in [2.45, 2.75) is 6.92 Å². The topological polar surface area (TPSA) is 66.8 Å². The Labute approximate surface area is 99.6 Å². The van der Waals surface area contributed by atoms with Crippen LogP contribution in [0.25, 0.3) is 0 Å². The van der Waals surface area contributed by atoms with Crippen molar-refractivity contribution >= 4 is 11.9 Å². The molecule has 0 heterocycles. The summed E-state index contributed by atoms with van der Waals surface area (Å²) in [5, 5.41) is 8.85. The summed E-state index contributed by atoms with van der Waals surface area (Å²) >= 11 is 0. The summed E-state index contributed by atoms with van der Waals surface area (Å²) < 4.78 is 5.26. The van der Waals surface area contributed by atoms with Gasteiger partial charge in [0.05, 0.1) is 5.56 Å². The van der Waals surface area contributed by atoms with Crippen LogP contribution in [0.15, 0.2) is 18.2 Å². The number of aryl methyl sites for hydroxylation is 1. The number of carboxylic acid groups (broad SMARTS) is 1. The van der Waals surface area contributed by atoms with E-state index in [1.165, 1.54) is 11.0 Å². The summed E-state index contributed by atoms with van der Waals surface area (Å²) in [5.41, 5.74) is 0.837. The van der Waals surface area contributed by atoms with Crippen molar-refractivity contribution in [1.29, 1.82) is 0 Å². The Morgan fingerprint density at radius 1 is 1.35 bits per heavy atom. The molecule has 0 radical (unpaired) electrons. The monoisotopic (exact) mass is 237 g/mol. The molecule has 17 heavy (non-hydrogen) atoms. The van der Waals surface area contributed by atoms with Gasteiger partial charge >= 0.3 is 5.97 Å². The van der Waals surface area contributed by atoms with E-state index in [0.717, 1.165) is 0 Å². The number of amides is 1. The number of hydrogen-bond acceptors (Lipinski definition) is 3. The van der Waals surface area contributed by atoms with Gasteiger partial charge in [0.15, 0.2) is 6.61 Å². The van der Waals surface area contributed by atoms with Gasteiger partial charge in [-0.2, -0.15) is 0 Å². The van der Waals surface area contributed by atoms with E-state index in [0.29, 0.717) is 11.3 Å². The van der Waals surface area contributed by atoms with Crippen LogP contribution >= 0.6 is 0 Å². The SMILES string of the molecule is Cc1cc(OCC(=O)N(C)C)ccc1C(=O)O. The molecule has 0 unspecified atom stereocenters. The van der Waals surface area contributed by atoms with Crippen molar-refractivity contribution in [2.75, 3.05) is 20.7 Å². The minimum absolute atomic E-state index is 0.0567. The molecule has 0 fully saturated rings. The molecule has 1 N–H and O–H groups in total. The molecular weight excluding hydrogens is 222 g/mol. The predicted octanol–water partition coefficient (Wildman–Crippen LogP) is 1.16. The number of hydrogen-bond donors (Lipinski definition) is 1. The van der Waals surface area contributed by atoms with Gasteiger partial charge in [-0.15, -0.1) is 0 Å². The zero-order chi connectivity index (χ0) is 13.0. The summed E-state index contributed by atoms with van der Waals surface area (Å²) in [6, 6.07) is 4.61. The second-order valence-corrected chi connectivity index (χ2v) is 3.86. The molecule has 0 atom stereocenters. The molecule has 0 spiro atoms. The van der Waals surface area contributed by atoms with Gasteiger partial charge in [-0.3, -0.25) is 4.79 Å². The molecule has 92 valence electrons. The molecule has 1 amide bonds. The summed E-state index contributed by atoms with van der Waals surface area (Å²) in [4.78, 5) is 23.5. The highest BCUT2D eigenvalue weighted by Crippen LogP contribution is 2.17. The third kappa shape index (κ3) is 3.48. The molecule has 0 saturated carbocycles. The minimum Gasteiger partial charge on any atom is -0.484 e. The highest BCUT2D eigenvalue weighted by Gasteiger charge is 2.09. The van der Waals surface area contributed by atoms with E-state index in [9.17, 15) is 9.59 Å². The van der Waals surface area contributed by atoms with Gasteiger partial charge < -0.3 is 14.7 Å². The highest BCUT2D eigenvalue weighted by molar-refractivity contribution is 5.89. The van der Waals surface area contributed by atoms with Gasteiger partial charge in [0.1, 0.15) is 5.75 Å². The second-order valence-electron chi connectivity index (χ2n) is 3.86. The van der Waals surface area contributed by atoms with Crippen molar-refractivity contribution < 1.29 is 19.4 Å². The number of carbonyl (C=O) groups is 2. The first-order valence-corrected chi connectivity index (χ1v) is 5.08. The van der Waals surface area contributed by atoms with Crippen LogP contribution in [0, 0.1) is 6.92 Å². The largest absolute Gasteiger partial charge is 0.484 e. The van der Waals surface area contributed by atoms with Crippen LogP contribution in [0.4, 0.5) is 0 Å². The molecule has 1 aromatic rings. The number of rotatable bonds is 4. The summed E-state index contributed by atoms with van der Waals surface area (Å²) in [5.74, 6) is -0.633. The smallest absolute Gasteiger partial charge is 0.335 e. The Morgan fingerprint density at radius 2 is 2.00 bits per heavy atom. The lowest BCUT2D eigenvalue weighted by Gasteiger charge is -2.12. The molecule has 5 heteroatoms. The Bertz CT molecular complexity index is 440. The van der Waals surface area contributed by atoms with Gasteiger partial charge in [-0.05, 0) is 30.7 Å². The standard InChI is InChI=1S/C12H15NO4/c1-8-6-9(4-5-10(8)12(15)16)17-7-11(14)13(2)3/h4-6H,7H2,1-3H3,(H,15,16). The lowest BCUT2D eigenvalue weighted by molar-refractivity contribution is -0.130. The maximum Gasteiger partial charge on any atom is 0.335 e. The summed E-state index contributed by atoms with van der Waals surface area (Å²) in [6.07, 6.45) is 0. The van der Waals surface area contributed by atoms with Gasteiger partial charge in [0.2, 0.25) is 0 Å². The fraction of sp³-hybridized carbons (Fsp3) is 0.333. The number of benzene rings is 1. The first-order valence-electron chi connectivity index (χ1n) is 5.08. The van der Waals surface area contributed by atoms with Crippen molar-refractivity contribution in [3.63, 3.8) is 0 Å². The van der Waals surface area contributed by atoms with Crippen LogP contribution in [-0.4, -0.2) is 42.6 Å². The fourth-order valence-corrected chi connectivity index (χ4v) is 1.24. The zero-order valence-electron chi connectivity index (χ0n) is 10.1. The third-order valence-corrected chi connectivity index (χ3v) is 2.29. The normalized spacial score (nSPS) is 9.82. The maximum absolute atomic E-state index is 11.3. The third-order valence-electron chi connectivity index (χ3n) is 2.29. The maximum atomic E-state index is 11.3. The molecular formula is C12H15NO4. The number of aromatic carboxylic acids is 1.